The SMILES string of the molecule is COc1ccc2c3c([nH]c2c1)[C@@H](CO)N(C(=O)NC(C)C)CC31CN(C(=O)c2ccccn2)C1. The van der Waals surface area contributed by atoms with E-state index < -0.39 is 11.5 Å². The van der Waals surface area contributed by atoms with E-state index in [2.05, 4.69) is 15.3 Å². The molecule has 34 heavy (non-hydrogen) atoms. The number of nitrogens with one attached hydrogen (secondary N) is 2. The zero-order chi connectivity index (χ0) is 24.0. The molecule has 3 aromatic rings. The van der Waals surface area contributed by atoms with Crippen LogP contribution in [0.4, 0.5) is 4.79 Å². The molecule has 2 aliphatic heterocycles. The monoisotopic (exact) mass is 463 g/mol. The Morgan fingerprint density at radius 2 is 2.06 bits per heavy atom. The molecule has 1 fully saturated rings. The largest absolute Gasteiger partial charge is 0.497 e. The maximum atomic E-state index is 13.1. The average Bonchev–Trinajstić information content (AvgIpc) is 3.20. The van der Waals surface area contributed by atoms with E-state index in [4.69, 9.17) is 4.74 Å². The second-order valence-electron chi connectivity index (χ2n) is 9.41. The number of fused-ring (bicyclic) bond motifs is 4. The fraction of sp³-hybridized carbons (Fsp3) is 0.400. The van der Waals surface area contributed by atoms with Crippen LogP contribution in [0.2, 0.25) is 0 Å². The van der Waals surface area contributed by atoms with Crippen LogP contribution in [-0.2, 0) is 5.41 Å². The Bertz CT molecular complexity index is 1230. The molecular weight excluding hydrogens is 434 g/mol. The van der Waals surface area contributed by atoms with Crippen LogP contribution < -0.4 is 10.1 Å². The van der Waals surface area contributed by atoms with Crippen molar-refractivity contribution in [3.05, 3.63) is 59.5 Å². The lowest BCUT2D eigenvalue weighted by atomic mass is 9.68. The standard InChI is InChI=1S/C25H29N5O4/c1-15(2)27-24(33)30-14-25(12-29(13-25)23(32)18-6-4-5-9-26-18)21-17-8-7-16(34-3)10-19(17)28-22(21)20(30)11-31/h4-10,15,20,28,31H,11-14H2,1-3H3,(H,27,33)/t20-/m1/s1. The van der Waals surface area contributed by atoms with Crippen LogP contribution in [0.5, 0.6) is 5.75 Å². The number of aliphatic hydroxyl groups excluding tert-OH is 1. The molecule has 1 saturated heterocycles. The van der Waals surface area contributed by atoms with Crippen LogP contribution in [0.1, 0.15) is 41.6 Å². The van der Waals surface area contributed by atoms with Crippen LogP contribution >= 0.6 is 0 Å². The summed E-state index contributed by atoms with van der Waals surface area (Å²) in [6.07, 6.45) is 1.61. The number of pyridine rings is 1. The van der Waals surface area contributed by atoms with Crippen molar-refractivity contribution in [1.82, 2.24) is 25.1 Å². The summed E-state index contributed by atoms with van der Waals surface area (Å²) < 4.78 is 5.40. The first-order valence-corrected chi connectivity index (χ1v) is 11.5. The second kappa shape index (κ2) is 8.32. The molecule has 4 heterocycles. The number of carbonyl (C=O) groups excluding carboxylic acids is 2. The molecule has 2 aromatic heterocycles. The van der Waals surface area contributed by atoms with Gasteiger partial charge in [0.15, 0.2) is 0 Å². The molecule has 3 N–H and O–H groups in total. The van der Waals surface area contributed by atoms with Crippen LogP contribution in [0.25, 0.3) is 10.9 Å². The molecule has 3 amide bonds. The van der Waals surface area contributed by atoms with Crippen molar-refractivity contribution >= 4 is 22.8 Å². The maximum Gasteiger partial charge on any atom is 0.318 e. The quantitative estimate of drug-likeness (QED) is 0.550. The lowest BCUT2D eigenvalue weighted by Crippen LogP contribution is -2.68. The number of carbonyl (C=O) groups is 2. The third-order valence-electron chi connectivity index (χ3n) is 6.75. The average molecular weight is 464 g/mol. The highest BCUT2D eigenvalue weighted by molar-refractivity contribution is 5.94. The van der Waals surface area contributed by atoms with Crippen LogP contribution in [-0.4, -0.2) is 76.2 Å². The maximum absolute atomic E-state index is 13.1. The first-order valence-electron chi connectivity index (χ1n) is 11.5. The van der Waals surface area contributed by atoms with Gasteiger partial charge in [0.2, 0.25) is 0 Å². The van der Waals surface area contributed by atoms with Crippen molar-refractivity contribution in [3.63, 3.8) is 0 Å². The summed E-state index contributed by atoms with van der Waals surface area (Å²) in [4.78, 5) is 37.3. The number of nitrogens with zero attached hydrogens (tertiary/aromatic N) is 3. The zero-order valence-electron chi connectivity index (χ0n) is 19.5. The lowest BCUT2D eigenvalue weighted by Gasteiger charge is -2.56. The van der Waals surface area contributed by atoms with E-state index >= 15 is 0 Å². The van der Waals surface area contributed by atoms with Crippen LogP contribution in [0, 0.1) is 0 Å². The number of aliphatic hydroxyl groups is 1. The number of aromatic amines is 1. The van der Waals surface area contributed by atoms with E-state index in [1.807, 2.05) is 32.0 Å². The van der Waals surface area contributed by atoms with Crippen LogP contribution in [0.3, 0.4) is 0 Å². The minimum atomic E-state index is -0.515. The molecule has 0 unspecified atom stereocenters. The first kappa shape index (κ1) is 22.2. The number of methoxy groups -OCH3 is 1. The molecular formula is C25H29N5O4. The molecule has 0 aliphatic carbocycles. The molecule has 0 saturated carbocycles. The van der Waals surface area contributed by atoms with E-state index in [0.717, 1.165) is 27.9 Å². The van der Waals surface area contributed by atoms with Crippen molar-refractivity contribution in [1.29, 1.82) is 0 Å². The van der Waals surface area contributed by atoms with Gasteiger partial charge in [-0.2, -0.15) is 0 Å². The molecule has 1 spiro atoms. The number of hydrogen-bond acceptors (Lipinski definition) is 5. The molecule has 9 heteroatoms. The van der Waals surface area contributed by atoms with E-state index in [9.17, 15) is 14.7 Å². The Labute approximate surface area is 197 Å². The van der Waals surface area contributed by atoms with Gasteiger partial charge in [0, 0.05) is 54.5 Å². The second-order valence-corrected chi connectivity index (χ2v) is 9.41. The van der Waals surface area contributed by atoms with Gasteiger partial charge in [-0.15, -0.1) is 0 Å². The minimum absolute atomic E-state index is 0.0419. The molecule has 5 rings (SSSR count). The predicted octanol–water partition coefficient (Wildman–Crippen LogP) is 2.43. The van der Waals surface area contributed by atoms with Gasteiger partial charge < -0.3 is 29.9 Å². The summed E-state index contributed by atoms with van der Waals surface area (Å²) in [6, 6.07) is 10.3. The fourth-order valence-electron chi connectivity index (χ4n) is 5.29. The lowest BCUT2D eigenvalue weighted by molar-refractivity contribution is 0.0115. The van der Waals surface area contributed by atoms with E-state index in [1.54, 1.807) is 41.3 Å². The van der Waals surface area contributed by atoms with Gasteiger partial charge in [0.25, 0.3) is 5.91 Å². The molecule has 1 aromatic carbocycles. The number of benzene rings is 1. The van der Waals surface area contributed by atoms with E-state index in [1.165, 1.54) is 0 Å². The number of H-pyrrole nitrogens is 1. The molecule has 178 valence electrons. The predicted molar refractivity (Wildman–Crippen MR) is 127 cm³/mol. The third-order valence-corrected chi connectivity index (χ3v) is 6.75. The van der Waals surface area contributed by atoms with Gasteiger partial charge in [0.1, 0.15) is 11.4 Å². The first-order chi connectivity index (χ1) is 16.4. The summed E-state index contributed by atoms with van der Waals surface area (Å²) >= 11 is 0. The Balaban J connectivity index is 1.57. The van der Waals surface area contributed by atoms with Crippen molar-refractivity contribution in [3.8, 4) is 5.75 Å². The van der Waals surface area contributed by atoms with Gasteiger partial charge >= 0.3 is 6.03 Å². The van der Waals surface area contributed by atoms with Gasteiger partial charge in [-0.3, -0.25) is 9.78 Å². The summed E-state index contributed by atoms with van der Waals surface area (Å²) in [5, 5.41) is 14.3. The molecule has 0 bridgehead atoms. The summed E-state index contributed by atoms with van der Waals surface area (Å²) in [5.41, 5.74) is 2.69. The van der Waals surface area contributed by atoms with Gasteiger partial charge in [-0.05, 0) is 43.7 Å². The van der Waals surface area contributed by atoms with Crippen molar-refractivity contribution in [2.75, 3.05) is 33.4 Å². The molecule has 1 atom stereocenters. The summed E-state index contributed by atoms with van der Waals surface area (Å²) in [6.45, 7) is 4.91. The van der Waals surface area contributed by atoms with Crippen molar-refractivity contribution in [2.24, 2.45) is 0 Å². The number of amides is 3. The number of urea groups is 1. The number of aromatic nitrogens is 2. The van der Waals surface area contributed by atoms with E-state index in [0.29, 0.717) is 25.3 Å². The molecule has 9 nitrogen and oxygen atoms in total. The normalized spacial score (nSPS) is 18.7. The number of hydrogen-bond donors (Lipinski definition) is 3. The number of ether oxygens (including phenoxy) is 1. The smallest absolute Gasteiger partial charge is 0.318 e. The Kier molecular flexibility index (Phi) is 5.44. The highest BCUT2D eigenvalue weighted by Gasteiger charge is 2.55. The highest BCUT2D eigenvalue weighted by Crippen LogP contribution is 2.48. The highest BCUT2D eigenvalue weighted by atomic mass is 16.5. The Morgan fingerprint density at radius 1 is 1.26 bits per heavy atom. The summed E-state index contributed by atoms with van der Waals surface area (Å²) in [5.74, 6) is 0.590. The van der Waals surface area contributed by atoms with E-state index in [-0.39, 0.29) is 24.6 Å². The molecule has 0 radical (unpaired) electrons. The zero-order valence-corrected chi connectivity index (χ0v) is 19.5. The van der Waals surface area contributed by atoms with Gasteiger partial charge in [-0.1, -0.05) is 6.07 Å². The third kappa shape index (κ3) is 3.47. The van der Waals surface area contributed by atoms with Crippen molar-refractivity contribution in [2.45, 2.75) is 31.3 Å². The fourth-order valence-corrected chi connectivity index (χ4v) is 5.29. The van der Waals surface area contributed by atoms with Gasteiger partial charge in [0.05, 0.1) is 25.2 Å². The summed E-state index contributed by atoms with van der Waals surface area (Å²) in [7, 11) is 1.62. The van der Waals surface area contributed by atoms with Crippen LogP contribution in [0.15, 0.2) is 42.6 Å². The van der Waals surface area contributed by atoms with Gasteiger partial charge in [-0.25, -0.2) is 4.79 Å². The Hall–Kier alpha value is -3.59. The topological polar surface area (TPSA) is 111 Å². The van der Waals surface area contributed by atoms with Crippen molar-refractivity contribution < 1.29 is 19.4 Å². The Morgan fingerprint density at radius 3 is 2.71 bits per heavy atom. The number of rotatable bonds is 4. The minimum Gasteiger partial charge on any atom is -0.497 e. The number of likely N-dealkylation sites (tertiary alicyclic amines) is 1. The molecule has 2 aliphatic rings.